The molecule has 1 aliphatic carbocycles. The summed E-state index contributed by atoms with van der Waals surface area (Å²) >= 11 is 13.5. The number of nitrogens with one attached hydrogen (secondary N) is 1. The number of hydrazone groups is 1. The van der Waals surface area contributed by atoms with Gasteiger partial charge in [-0.1, -0.05) is 36.2 Å². The molecule has 1 N–H and O–H groups in total. The Hall–Kier alpha value is -2.22. The number of carbonyl (C=O) groups is 1. The quantitative estimate of drug-likeness (QED) is 0.454. The van der Waals surface area contributed by atoms with Gasteiger partial charge in [-0.3, -0.25) is 14.2 Å². The molecule has 0 saturated carbocycles. The van der Waals surface area contributed by atoms with Crippen molar-refractivity contribution in [3.63, 3.8) is 0 Å². The first-order valence-electron chi connectivity index (χ1n) is 9.64. The van der Waals surface area contributed by atoms with Crippen LogP contribution < -0.4 is 11.0 Å². The van der Waals surface area contributed by atoms with Gasteiger partial charge in [-0.05, 0) is 55.4 Å². The van der Waals surface area contributed by atoms with Crippen LogP contribution in [0.1, 0.15) is 42.3 Å². The second-order valence-corrected chi connectivity index (χ2v) is 9.47. The van der Waals surface area contributed by atoms with Crippen molar-refractivity contribution in [1.29, 1.82) is 0 Å². The fraction of sp³-hybridized carbons (Fsp3) is 0.333. The lowest BCUT2D eigenvalue weighted by atomic mass is 9.89. The molecule has 30 heavy (non-hydrogen) atoms. The number of halogens is 2. The average molecular weight is 463 g/mol. The summed E-state index contributed by atoms with van der Waals surface area (Å²) < 4.78 is 1.37. The van der Waals surface area contributed by atoms with E-state index in [-0.39, 0.29) is 5.56 Å². The molecule has 156 valence electrons. The zero-order chi connectivity index (χ0) is 21.4. The molecular weight excluding hydrogens is 443 g/mol. The number of carbonyl (C=O) groups excluding carboxylic acids is 1. The summed E-state index contributed by atoms with van der Waals surface area (Å²) in [4.78, 5) is 32.1. The molecule has 3 aromatic rings. The first-order chi connectivity index (χ1) is 14.3. The highest BCUT2D eigenvalue weighted by Crippen LogP contribution is 2.35. The van der Waals surface area contributed by atoms with Gasteiger partial charge in [0.05, 0.1) is 28.0 Å². The van der Waals surface area contributed by atoms with E-state index in [9.17, 15) is 9.59 Å². The molecule has 0 saturated heterocycles. The Labute approximate surface area is 187 Å². The summed E-state index contributed by atoms with van der Waals surface area (Å²) in [5.41, 5.74) is 4.09. The van der Waals surface area contributed by atoms with Crippen LogP contribution in [-0.4, -0.2) is 21.7 Å². The summed E-state index contributed by atoms with van der Waals surface area (Å²) in [6, 6.07) is 4.28. The number of amides is 1. The predicted octanol–water partition coefficient (Wildman–Crippen LogP) is 4.60. The number of thiophene rings is 1. The SMILES string of the molecule is CC1CCc2c(sc3ncn(C(C)C(=O)N/N=C/c4ccc(Cl)c(Cl)c4)c(=O)c23)C1. The smallest absolute Gasteiger partial charge is 0.263 e. The summed E-state index contributed by atoms with van der Waals surface area (Å²) in [6.07, 6.45) is 5.84. The van der Waals surface area contributed by atoms with Crippen LogP contribution in [0.5, 0.6) is 0 Å². The third-order valence-corrected chi connectivity index (χ3v) is 7.27. The topological polar surface area (TPSA) is 76.3 Å². The number of aryl methyl sites for hydroxylation is 1. The highest BCUT2D eigenvalue weighted by Gasteiger charge is 2.25. The van der Waals surface area contributed by atoms with E-state index in [1.54, 1.807) is 36.5 Å². The molecule has 1 amide bonds. The summed E-state index contributed by atoms with van der Waals surface area (Å²) in [7, 11) is 0. The molecule has 6 nitrogen and oxygen atoms in total. The molecule has 9 heteroatoms. The maximum absolute atomic E-state index is 13.1. The first-order valence-corrected chi connectivity index (χ1v) is 11.2. The van der Waals surface area contributed by atoms with Gasteiger partial charge >= 0.3 is 0 Å². The minimum absolute atomic E-state index is 0.178. The monoisotopic (exact) mass is 462 g/mol. The van der Waals surface area contributed by atoms with Crippen LogP contribution in [0.15, 0.2) is 34.4 Å². The zero-order valence-corrected chi connectivity index (χ0v) is 18.8. The molecule has 0 radical (unpaired) electrons. The molecule has 0 aliphatic heterocycles. The largest absolute Gasteiger partial charge is 0.286 e. The molecule has 1 aliphatic rings. The summed E-state index contributed by atoms with van der Waals surface area (Å²) in [5.74, 6) is 0.207. The van der Waals surface area contributed by atoms with Gasteiger partial charge in [-0.15, -0.1) is 11.3 Å². The number of aromatic nitrogens is 2. The minimum Gasteiger partial charge on any atom is -0.286 e. The Bertz CT molecular complexity index is 1220. The standard InChI is InChI=1S/C21H20Cl2N4O2S/c1-11-3-5-14-17(7-11)30-20-18(14)21(29)27(10-24-20)12(2)19(28)26-25-9-13-4-6-15(22)16(23)8-13/h4,6,8-12H,3,5,7H2,1-2H3,(H,26,28)/b25-9+. The lowest BCUT2D eigenvalue weighted by Gasteiger charge is -2.18. The first kappa shape index (κ1) is 21.0. The molecule has 2 unspecified atom stereocenters. The van der Waals surface area contributed by atoms with E-state index in [4.69, 9.17) is 23.2 Å². The third-order valence-electron chi connectivity index (χ3n) is 5.37. The molecule has 1 aromatic carbocycles. The van der Waals surface area contributed by atoms with Crippen LogP contribution in [0.25, 0.3) is 10.2 Å². The minimum atomic E-state index is -0.751. The van der Waals surface area contributed by atoms with Crippen molar-refractivity contribution in [1.82, 2.24) is 15.0 Å². The number of hydrogen-bond acceptors (Lipinski definition) is 5. The number of nitrogens with zero attached hydrogens (tertiary/aromatic N) is 3. The van der Waals surface area contributed by atoms with Gasteiger partial charge < -0.3 is 0 Å². The van der Waals surface area contributed by atoms with Crippen LogP contribution in [0.2, 0.25) is 10.0 Å². The van der Waals surface area contributed by atoms with E-state index < -0.39 is 11.9 Å². The fourth-order valence-corrected chi connectivity index (χ4v) is 5.25. The van der Waals surface area contributed by atoms with E-state index in [0.29, 0.717) is 26.9 Å². The molecule has 0 spiro atoms. The van der Waals surface area contributed by atoms with Gasteiger partial charge in [0.2, 0.25) is 0 Å². The van der Waals surface area contributed by atoms with Crippen molar-refractivity contribution >= 4 is 56.9 Å². The van der Waals surface area contributed by atoms with E-state index in [0.717, 1.165) is 29.7 Å². The maximum atomic E-state index is 13.1. The number of rotatable bonds is 4. The van der Waals surface area contributed by atoms with Crippen LogP contribution in [-0.2, 0) is 17.6 Å². The Morgan fingerprint density at radius 2 is 2.20 bits per heavy atom. The van der Waals surface area contributed by atoms with Crippen molar-refractivity contribution in [3.05, 3.63) is 60.9 Å². The lowest BCUT2D eigenvalue weighted by molar-refractivity contribution is -0.123. The number of fused-ring (bicyclic) bond motifs is 3. The van der Waals surface area contributed by atoms with E-state index in [2.05, 4.69) is 22.4 Å². The molecule has 0 fully saturated rings. The highest BCUT2D eigenvalue weighted by atomic mass is 35.5. The predicted molar refractivity (Wildman–Crippen MR) is 122 cm³/mol. The molecule has 4 rings (SSSR count). The van der Waals surface area contributed by atoms with Crippen LogP contribution in [0.3, 0.4) is 0 Å². The highest BCUT2D eigenvalue weighted by molar-refractivity contribution is 7.18. The molecule has 2 aromatic heterocycles. The zero-order valence-electron chi connectivity index (χ0n) is 16.5. The van der Waals surface area contributed by atoms with E-state index in [1.165, 1.54) is 22.0 Å². The van der Waals surface area contributed by atoms with Crippen molar-refractivity contribution < 1.29 is 4.79 Å². The molecule has 0 bridgehead atoms. The lowest BCUT2D eigenvalue weighted by Crippen LogP contribution is -2.34. The van der Waals surface area contributed by atoms with E-state index >= 15 is 0 Å². The Morgan fingerprint density at radius 1 is 1.40 bits per heavy atom. The Balaban J connectivity index is 1.55. The van der Waals surface area contributed by atoms with Crippen molar-refractivity contribution in [2.45, 2.75) is 39.2 Å². The van der Waals surface area contributed by atoms with Crippen LogP contribution >= 0.6 is 34.5 Å². The van der Waals surface area contributed by atoms with Gasteiger partial charge in [0.15, 0.2) is 0 Å². The molecule has 2 atom stereocenters. The number of hydrogen-bond donors (Lipinski definition) is 1. The van der Waals surface area contributed by atoms with Gasteiger partial charge in [-0.25, -0.2) is 10.4 Å². The second kappa shape index (κ2) is 8.49. The summed E-state index contributed by atoms with van der Waals surface area (Å²) in [5, 5.41) is 5.46. The van der Waals surface area contributed by atoms with Gasteiger partial charge in [0, 0.05) is 4.88 Å². The van der Waals surface area contributed by atoms with Crippen molar-refractivity contribution in [2.75, 3.05) is 0 Å². The maximum Gasteiger partial charge on any atom is 0.263 e. The van der Waals surface area contributed by atoms with Crippen LogP contribution in [0.4, 0.5) is 0 Å². The van der Waals surface area contributed by atoms with Gasteiger partial charge in [0.25, 0.3) is 11.5 Å². The normalized spacial score (nSPS) is 17.3. The number of benzene rings is 1. The summed E-state index contributed by atoms with van der Waals surface area (Å²) in [6.45, 7) is 3.88. The van der Waals surface area contributed by atoms with Gasteiger partial charge in [-0.2, -0.15) is 5.10 Å². The van der Waals surface area contributed by atoms with Gasteiger partial charge in [0.1, 0.15) is 10.9 Å². The van der Waals surface area contributed by atoms with Crippen molar-refractivity contribution in [3.8, 4) is 0 Å². The van der Waals surface area contributed by atoms with Crippen molar-refractivity contribution in [2.24, 2.45) is 11.0 Å². The molecule has 2 heterocycles. The Morgan fingerprint density at radius 3 is 2.97 bits per heavy atom. The Kier molecular flexibility index (Phi) is 5.95. The third kappa shape index (κ3) is 4.02. The fourth-order valence-electron chi connectivity index (χ4n) is 3.60. The average Bonchev–Trinajstić information content (AvgIpc) is 3.08. The van der Waals surface area contributed by atoms with Crippen LogP contribution in [0, 0.1) is 5.92 Å². The van der Waals surface area contributed by atoms with E-state index in [1.807, 2.05) is 0 Å². The second-order valence-electron chi connectivity index (χ2n) is 7.57. The molecular formula is C21H20Cl2N4O2S.